The first kappa shape index (κ1) is 19.0. The summed E-state index contributed by atoms with van der Waals surface area (Å²) in [5, 5.41) is 6.09. The molecule has 1 aromatic rings. The lowest BCUT2D eigenvalue weighted by molar-refractivity contribution is -0.142. The molecule has 0 aliphatic heterocycles. The third-order valence-electron chi connectivity index (χ3n) is 2.21. The first-order valence-electron chi connectivity index (χ1n) is 5.47. The number of methoxy groups -OCH3 is 1. The summed E-state index contributed by atoms with van der Waals surface area (Å²) in [6, 6.07) is 0. The number of nitrogens with one attached hydrogen (secondary N) is 1. The van der Waals surface area contributed by atoms with Crippen molar-refractivity contribution in [2.45, 2.75) is 12.7 Å². The molecule has 0 amide bonds. The lowest BCUT2D eigenvalue weighted by atomic mass is 10.2. The zero-order valence-electron chi connectivity index (χ0n) is 11.1. The summed E-state index contributed by atoms with van der Waals surface area (Å²) >= 11 is 0. The molecule has 0 aromatic carbocycles. The summed E-state index contributed by atoms with van der Waals surface area (Å²) in [4.78, 5) is 3.83. The van der Waals surface area contributed by atoms with Crippen LogP contribution in [0.25, 0.3) is 0 Å². The lowest BCUT2D eigenvalue weighted by Crippen LogP contribution is -2.34. The van der Waals surface area contributed by atoms with Crippen molar-refractivity contribution in [1.82, 2.24) is 15.1 Å². The quantitative estimate of drug-likeness (QED) is 0.332. The molecule has 1 rings (SSSR count). The van der Waals surface area contributed by atoms with Gasteiger partial charge in [-0.2, -0.15) is 18.3 Å². The first-order valence-corrected chi connectivity index (χ1v) is 5.47. The number of aliphatic imine (C=N–C) groups is 1. The Kier molecular flexibility index (Phi) is 7.86. The minimum atomic E-state index is -4.50. The molecule has 10 heteroatoms. The summed E-state index contributed by atoms with van der Waals surface area (Å²) in [6.45, 7) is 0.677. The number of nitrogens with two attached hydrogens (primary N) is 1. The number of hydrogen-bond acceptors (Lipinski definition) is 3. The Hall–Kier alpha value is -1.04. The van der Waals surface area contributed by atoms with Crippen molar-refractivity contribution < 1.29 is 17.9 Å². The van der Waals surface area contributed by atoms with Crippen LogP contribution in [0.5, 0.6) is 0 Å². The van der Waals surface area contributed by atoms with Crippen LogP contribution in [0.3, 0.4) is 0 Å². The maximum absolute atomic E-state index is 12.6. The number of aromatic nitrogens is 2. The highest BCUT2D eigenvalue weighted by Gasteiger charge is 2.36. The third kappa shape index (κ3) is 5.94. The topological polar surface area (TPSA) is 77.5 Å². The van der Waals surface area contributed by atoms with Gasteiger partial charge in [0.1, 0.15) is 0 Å². The van der Waals surface area contributed by atoms with Crippen LogP contribution in [0.1, 0.15) is 11.3 Å². The number of hydrogen-bond donors (Lipinski definition) is 2. The average Bonchev–Trinajstić information content (AvgIpc) is 2.68. The van der Waals surface area contributed by atoms with Gasteiger partial charge in [-0.05, 0) is 0 Å². The summed E-state index contributed by atoms with van der Waals surface area (Å²) in [5.74, 6) is 0.0639. The lowest BCUT2D eigenvalue weighted by Gasteiger charge is -2.06. The number of nitrogens with zero attached hydrogens (tertiary/aromatic N) is 3. The summed E-state index contributed by atoms with van der Waals surface area (Å²) in [7, 11) is 2.95. The number of ether oxygens (including phenoxy) is 1. The maximum Gasteiger partial charge on any atom is 0.435 e. The second-order valence-electron chi connectivity index (χ2n) is 3.80. The zero-order chi connectivity index (χ0) is 14.5. The Bertz CT molecular complexity index is 447. The fourth-order valence-electron chi connectivity index (χ4n) is 1.40. The van der Waals surface area contributed by atoms with Crippen LogP contribution >= 0.6 is 24.0 Å². The monoisotopic (exact) mass is 407 g/mol. The van der Waals surface area contributed by atoms with E-state index < -0.39 is 11.9 Å². The molecule has 0 unspecified atom stereocenters. The minimum Gasteiger partial charge on any atom is -0.383 e. The van der Waals surface area contributed by atoms with Gasteiger partial charge >= 0.3 is 6.18 Å². The molecule has 0 atom stereocenters. The van der Waals surface area contributed by atoms with Gasteiger partial charge in [-0.25, -0.2) is 4.99 Å². The second kappa shape index (κ2) is 8.29. The van der Waals surface area contributed by atoms with Crippen molar-refractivity contribution in [3.8, 4) is 0 Å². The van der Waals surface area contributed by atoms with Crippen LogP contribution in [0, 0.1) is 0 Å². The standard InChI is InChI=1S/C10H16F3N5O.HI/c1-18-6-7(8(17-18)10(11,12)13)5-16-9(14)15-3-4-19-2;/h6H,3-5H2,1-2H3,(H3,14,15,16);1H. The number of rotatable bonds is 5. The van der Waals surface area contributed by atoms with Crippen LogP contribution in [-0.4, -0.2) is 36.0 Å². The largest absolute Gasteiger partial charge is 0.435 e. The van der Waals surface area contributed by atoms with E-state index in [0.717, 1.165) is 4.68 Å². The average molecular weight is 407 g/mol. The van der Waals surface area contributed by atoms with Gasteiger partial charge in [0.25, 0.3) is 0 Å². The number of guanidine groups is 1. The Morgan fingerprint density at radius 2 is 2.20 bits per heavy atom. The fraction of sp³-hybridized carbons (Fsp3) is 0.600. The van der Waals surface area contributed by atoms with Gasteiger partial charge in [-0.3, -0.25) is 4.68 Å². The predicted molar refractivity (Wildman–Crippen MR) is 78.8 cm³/mol. The van der Waals surface area contributed by atoms with Gasteiger partial charge in [-0.1, -0.05) is 0 Å². The van der Waals surface area contributed by atoms with E-state index >= 15 is 0 Å². The molecule has 0 saturated carbocycles. The van der Waals surface area contributed by atoms with Crippen molar-refractivity contribution in [3.05, 3.63) is 17.5 Å². The molecule has 1 aromatic heterocycles. The van der Waals surface area contributed by atoms with E-state index in [0.29, 0.717) is 13.2 Å². The molecule has 0 spiro atoms. The molecule has 6 nitrogen and oxygen atoms in total. The molecule has 0 aliphatic rings. The van der Waals surface area contributed by atoms with Crippen molar-refractivity contribution >= 4 is 29.9 Å². The Morgan fingerprint density at radius 1 is 1.55 bits per heavy atom. The Labute approximate surface area is 131 Å². The number of alkyl halides is 3. The van der Waals surface area contributed by atoms with Gasteiger partial charge in [0, 0.05) is 32.5 Å². The number of aryl methyl sites for hydroxylation is 1. The Morgan fingerprint density at radius 3 is 2.75 bits per heavy atom. The van der Waals surface area contributed by atoms with E-state index in [4.69, 9.17) is 10.5 Å². The van der Waals surface area contributed by atoms with E-state index in [9.17, 15) is 13.2 Å². The highest BCUT2D eigenvalue weighted by Crippen LogP contribution is 2.30. The smallest absolute Gasteiger partial charge is 0.383 e. The molecule has 0 radical (unpaired) electrons. The molecular formula is C10H17F3IN5O. The Balaban J connectivity index is 0.00000361. The molecule has 0 saturated heterocycles. The molecule has 0 bridgehead atoms. The van der Waals surface area contributed by atoms with Crippen molar-refractivity contribution in [1.29, 1.82) is 0 Å². The van der Waals surface area contributed by atoms with E-state index in [2.05, 4.69) is 15.4 Å². The SMILES string of the molecule is COCCNC(N)=NCc1cn(C)nc1C(F)(F)F.I. The highest BCUT2D eigenvalue weighted by molar-refractivity contribution is 14.0. The molecule has 1 heterocycles. The fourth-order valence-corrected chi connectivity index (χ4v) is 1.40. The molecule has 20 heavy (non-hydrogen) atoms. The van der Waals surface area contributed by atoms with Crippen molar-refractivity contribution in [2.24, 2.45) is 17.8 Å². The van der Waals surface area contributed by atoms with Gasteiger partial charge in [0.05, 0.1) is 13.2 Å². The van der Waals surface area contributed by atoms with Crippen LogP contribution in [0.4, 0.5) is 13.2 Å². The molecule has 116 valence electrons. The van der Waals surface area contributed by atoms with E-state index in [1.54, 1.807) is 0 Å². The summed E-state index contributed by atoms with van der Waals surface area (Å²) in [5.41, 5.74) is 4.54. The molecular weight excluding hydrogens is 390 g/mol. The van der Waals surface area contributed by atoms with Gasteiger partial charge in [-0.15, -0.1) is 24.0 Å². The van der Waals surface area contributed by atoms with Crippen LogP contribution in [-0.2, 0) is 24.5 Å². The molecule has 3 N–H and O–H groups in total. The first-order chi connectivity index (χ1) is 8.84. The molecule has 0 aliphatic carbocycles. The molecule has 0 fully saturated rings. The zero-order valence-corrected chi connectivity index (χ0v) is 13.4. The van der Waals surface area contributed by atoms with E-state index in [-0.39, 0.29) is 42.0 Å². The van der Waals surface area contributed by atoms with Crippen molar-refractivity contribution in [3.63, 3.8) is 0 Å². The summed E-state index contributed by atoms with van der Waals surface area (Å²) < 4.78 is 43.8. The van der Waals surface area contributed by atoms with Crippen LogP contribution < -0.4 is 11.1 Å². The third-order valence-corrected chi connectivity index (χ3v) is 2.21. The van der Waals surface area contributed by atoms with E-state index in [1.165, 1.54) is 20.4 Å². The normalized spacial score (nSPS) is 12.2. The minimum absolute atomic E-state index is 0. The van der Waals surface area contributed by atoms with Crippen molar-refractivity contribution in [2.75, 3.05) is 20.3 Å². The van der Waals surface area contributed by atoms with Gasteiger partial charge < -0.3 is 15.8 Å². The number of halogens is 4. The van der Waals surface area contributed by atoms with Gasteiger partial charge in [0.15, 0.2) is 11.7 Å². The maximum atomic E-state index is 12.6. The highest BCUT2D eigenvalue weighted by atomic mass is 127. The van der Waals surface area contributed by atoms with Crippen LogP contribution in [0.2, 0.25) is 0 Å². The van der Waals surface area contributed by atoms with Gasteiger partial charge in [0.2, 0.25) is 0 Å². The summed E-state index contributed by atoms with van der Waals surface area (Å²) in [6.07, 6.45) is -3.22. The second-order valence-corrected chi connectivity index (χ2v) is 3.80. The predicted octanol–water partition coefficient (Wildman–Crippen LogP) is 1.11. The van der Waals surface area contributed by atoms with E-state index in [1.807, 2.05) is 0 Å². The van der Waals surface area contributed by atoms with Crippen LogP contribution in [0.15, 0.2) is 11.2 Å².